The van der Waals surface area contributed by atoms with Crippen molar-refractivity contribution < 1.29 is 10.0 Å². The van der Waals surface area contributed by atoms with Crippen molar-refractivity contribution in [2.75, 3.05) is 26.2 Å². The number of phenolic OH excluding ortho intramolecular Hbond substituents is 1. The van der Waals surface area contributed by atoms with E-state index in [9.17, 15) is 5.11 Å². The lowest BCUT2D eigenvalue weighted by Crippen LogP contribution is -3.13. The largest absolute Gasteiger partial charge is 0.507 e. The van der Waals surface area contributed by atoms with Crippen LogP contribution in [0.5, 0.6) is 5.75 Å². The Labute approximate surface area is 151 Å². The number of quaternary nitrogens is 1. The van der Waals surface area contributed by atoms with Gasteiger partial charge in [0.15, 0.2) is 0 Å². The van der Waals surface area contributed by atoms with Crippen LogP contribution in [0.4, 0.5) is 0 Å². The summed E-state index contributed by atoms with van der Waals surface area (Å²) in [5.74, 6) is 0.255. The van der Waals surface area contributed by atoms with Gasteiger partial charge in [-0.05, 0) is 25.1 Å². The smallest absolute Gasteiger partial charge is 0.124 e. The molecule has 0 spiro atoms. The molecule has 24 heavy (non-hydrogen) atoms. The maximum Gasteiger partial charge on any atom is 0.124 e. The zero-order valence-corrected chi connectivity index (χ0v) is 15.5. The summed E-state index contributed by atoms with van der Waals surface area (Å²) in [7, 11) is 0. The van der Waals surface area contributed by atoms with Crippen LogP contribution in [0.3, 0.4) is 0 Å². The second kappa shape index (κ2) is 7.81. The van der Waals surface area contributed by atoms with Gasteiger partial charge in [0.2, 0.25) is 0 Å². The molecule has 2 aromatic rings. The minimum Gasteiger partial charge on any atom is -0.507 e. The number of hydrogen-bond donors (Lipinski definition) is 2. The van der Waals surface area contributed by atoms with Crippen LogP contribution in [0, 0.1) is 6.92 Å². The first-order chi connectivity index (χ1) is 11.6. The number of halogens is 1. The van der Waals surface area contributed by atoms with Crippen LogP contribution in [0.15, 0.2) is 52.0 Å². The van der Waals surface area contributed by atoms with Crippen LogP contribution < -0.4 is 4.90 Å². The first kappa shape index (κ1) is 17.0. The molecule has 0 saturated carbocycles. The highest BCUT2D eigenvalue weighted by Crippen LogP contribution is 2.20. The third kappa shape index (κ3) is 4.58. The van der Waals surface area contributed by atoms with Gasteiger partial charge in [-0.25, -0.2) is 0 Å². The molecule has 0 unspecified atom stereocenters. The Morgan fingerprint density at radius 3 is 2.58 bits per heavy atom. The lowest BCUT2D eigenvalue weighted by molar-refractivity contribution is -0.918. The van der Waals surface area contributed by atoms with Crippen molar-refractivity contribution >= 4 is 22.1 Å². The minimum absolute atomic E-state index is 0.255. The van der Waals surface area contributed by atoms with E-state index in [2.05, 4.69) is 57.2 Å². The van der Waals surface area contributed by atoms with E-state index >= 15 is 0 Å². The number of benzene rings is 2. The SMILES string of the molecule is Cc1ccc(C[NH+]2CCN(N=Cc3cc(Br)ccc3O)CC2)cc1. The molecule has 1 fully saturated rings. The standard InChI is InChI=1S/C19H22BrN3O/c1-15-2-4-16(5-3-15)14-22-8-10-23(11-9-22)21-13-17-12-18(20)6-7-19(17)24/h2-7,12-13,24H,8-11,14H2,1H3/p+1. The molecule has 0 aliphatic carbocycles. The zero-order chi connectivity index (χ0) is 16.9. The van der Waals surface area contributed by atoms with Gasteiger partial charge in [0, 0.05) is 15.6 Å². The van der Waals surface area contributed by atoms with Gasteiger partial charge in [-0.3, -0.25) is 5.01 Å². The molecule has 1 aliphatic heterocycles. The summed E-state index contributed by atoms with van der Waals surface area (Å²) in [6.07, 6.45) is 1.74. The van der Waals surface area contributed by atoms with Crippen LogP contribution in [0.25, 0.3) is 0 Å². The molecule has 0 radical (unpaired) electrons. The average Bonchev–Trinajstić information content (AvgIpc) is 2.59. The van der Waals surface area contributed by atoms with E-state index in [0.29, 0.717) is 0 Å². The summed E-state index contributed by atoms with van der Waals surface area (Å²) in [6.45, 7) is 7.23. The van der Waals surface area contributed by atoms with E-state index in [-0.39, 0.29) is 5.75 Å². The topological polar surface area (TPSA) is 40.3 Å². The lowest BCUT2D eigenvalue weighted by Gasteiger charge is -2.30. The highest BCUT2D eigenvalue weighted by atomic mass is 79.9. The monoisotopic (exact) mass is 388 g/mol. The maximum atomic E-state index is 9.86. The first-order valence-electron chi connectivity index (χ1n) is 8.27. The normalized spacial score (nSPS) is 16.0. The highest BCUT2D eigenvalue weighted by molar-refractivity contribution is 9.10. The van der Waals surface area contributed by atoms with Crippen molar-refractivity contribution in [3.63, 3.8) is 0 Å². The molecule has 5 heteroatoms. The van der Waals surface area contributed by atoms with E-state index < -0.39 is 0 Å². The molecule has 0 amide bonds. The summed E-state index contributed by atoms with van der Waals surface area (Å²) in [5.41, 5.74) is 3.44. The van der Waals surface area contributed by atoms with Crippen molar-refractivity contribution in [3.05, 3.63) is 63.6 Å². The Bertz CT molecular complexity index is 707. The quantitative estimate of drug-likeness (QED) is 0.788. The average molecular weight is 389 g/mol. The van der Waals surface area contributed by atoms with Gasteiger partial charge >= 0.3 is 0 Å². The Morgan fingerprint density at radius 2 is 1.88 bits per heavy atom. The summed E-state index contributed by atoms with van der Waals surface area (Å²) in [4.78, 5) is 1.59. The summed E-state index contributed by atoms with van der Waals surface area (Å²) in [6, 6.07) is 14.2. The molecule has 2 aromatic carbocycles. The second-order valence-corrected chi connectivity index (χ2v) is 7.23. The number of aromatic hydroxyl groups is 1. The van der Waals surface area contributed by atoms with Crippen LogP contribution >= 0.6 is 15.9 Å². The van der Waals surface area contributed by atoms with Crippen molar-refractivity contribution in [1.82, 2.24) is 5.01 Å². The second-order valence-electron chi connectivity index (χ2n) is 6.31. The van der Waals surface area contributed by atoms with Gasteiger partial charge < -0.3 is 10.0 Å². The molecule has 3 rings (SSSR count). The van der Waals surface area contributed by atoms with Gasteiger partial charge in [-0.15, -0.1) is 0 Å². The Kier molecular flexibility index (Phi) is 5.53. The van der Waals surface area contributed by atoms with Crippen molar-refractivity contribution in [2.24, 2.45) is 5.10 Å². The van der Waals surface area contributed by atoms with Gasteiger partial charge in [0.25, 0.3) is 0 Å². The van der Waals surface area contributed by atoms with Gasteiger partial charge in [-0.1, -0.05) is 45.8 Å². The van der Waals surface area contributed by atoms with Crippen LogP contribution in [-0.4, -0.2) is 42.5 Å². The highest BCUT2D eigenvalue weighted by Gasteiger charge is 2.18. The number of phenols is 1. The van der Waals surface area contributed by atoms with Crippen LogP contribution in [0.1, 0.15) is 16.7 Å². The molecule has 1 aliphatic rings. The number of hydrogen-bond acceptors (Lipinski definition) is 3. The molecule has 0 bridgehead atoms. The van der Waals surface area contributed by atoms with Crippen molar-refractivity contribution in [2.45, 2.75) is 13.5 Å². The first-order valence-corrected chi connectivity index (χ1v) is 9.06. The van der Waals surface area contributed by atoms with Crippen molar-refractivity contribution in [3.8, 4) is 5.75 Å². The summed E-state index contributed by atoms with van der Waals surface area (Å²) < 4.78 is 0.939. The van der Waals surface area contributed by atoms with E-state index in [1.165, 1.54) is 11.1 Å². The Hall–Kier alpha value is -1.85. The fraction of sp³-hybridized carbons (Fsp3) is 0.316. The Balaban J connectivity index is 1.52. The fourth-order valence-electron chi connectivity index (χ4n) is 2.87. The number of piperazine rings is 1. The number of rotatable bonds is 4. The zero-order valence-electron chi connectivity index (χ0n) is 13.9. The minimum atomic E-state index is 0.255. The molecule has 1 saturated heterocycles. The molecule has 2 N–H and O–H groups in total. The third-order valence-electron chi connectivity index (χ3n) is 4.37. The predicted octanol–water partition coefficient (Wildman–Crippen LogP) is 2.20. The van der Waals surface area contributed by atoms with Crippen molar-refractivity contribution in [1.29, 1.82) is 0 Å². The summed E-state index contributed by atoms with van der Waals surface area (Å²) in [5, 5.41) is 16.5. The number of hydrazone groups is 1. The molecule has 4 nitrogen and oxygen atoms in total. The Morgan fingerprint density at radius 1 is 1.17 bits per heavy atom. The van der Waals surface area contributed by atoms with E-state index in [1.54, 1.807) is 17.2 Å². The number of aryl methyl sites for hydroxylation is 1. The molecular formula is C19H23BrN3O+. The third-order valence-corrected chi connectivity index (χ3v) is 4.86. The van der Waals surface area contributed by atoms with E-state index in [0.717, 1.165) is 42.8 Å². The van der Waals surface area contributed by atoms with Crippen LogP contribution in [-0.2, 0) is 6.54 Å². The molecule has 1 heterocycles. The number of nitrogens with one attached hydrogen (secondary N) is 1. The lowest BCUT2D eigenvalue weighted by atomic mass is 10.1. The van der Waals surface area contributed by atoms with E-state index in [4.69, 9.17) is 0 Å². The number of nitrogens with zero attached hydrogens (tertiary/aromatic N) is 2. The molecule has 126 valence electrons. The summed E-state index contributed by atoms with van der Waals surface area (Å²) >= 11 is 3.42. The molecular weight excluding hydrogens is 366 g/mol. The molecule has 0 aromatic heterocycles. The van der Waals surface area contributed by atoms with E-state index in [1.807, 2.05) is 12.1 Å². The maximum absolute atomic E-state index is 9.86. The van der Waals surface area contributed by atoms with Crippen LogP contribution in [0.2, 0.25) is 0 Å². The molecule has 0 atom stereocenters. The van der Waals surface area contributed by atoms with Gasteiger partial charge in [0.05, 0.1) is 32.4 Å². The van der Waals surface area contributed by atoms with Gasteiger partial charge in [-0.2, -0.15) is 5.10 Å². The van der Waals surface area contributed by atoms with Gasteiger partial charge in [0.1, 0.15) is 12.3 Å². The predicted molar refractivity (Wildman–Crippen MR) is 101 cm³/mol. The fourth-order valence-corrected chi connectivity index (χ4v) is 3.25.